The van der Waals surface area contributed by atoms with Crippen molar-refractivity contribution in [1.82, 2.24) is 24.9 Å². The Balaban J connectivity index is 1.73. The topological polar surface area (TPSA) is 72.2 Å². The minimum Gasteiger partial charge on any atom is -0.340 e. The third-order valence-electron chi connectivity index (χ3n) is 4.95. The Labute approximate surface area is 163 Å². The third kappa shape index (κ3) is 3.66. The first kappa shape index (κ1) is 19.3. The summed E-state index contributed by atoms with van der Waals surface area (Å²) in [6.45, 7) is 3.23. The second kappa shape index (κ2) is 6.78. The molecule has 3 aromatic rings. The summed E-state index contributed by atoms with van der Waals surface area (Å²) in [6.07, 6.45) is -1.05. The number of fused-ring (bicyclic) bond motifs is 1. The number of rotatable bonds is 4. The molecule has 1 amide bonds. The van der Waals surface area contributed by atoms with Gasteiger partial charge in [-0.15, -0.1) is 0 Å². The maximum absolute atomic E-state index is 13.9. The molecule has 0 bridgehead atoms. The Morgan fingerprint density at radius 3 is 2.59 bits per heavy atom. The van der Waals surface area contributed by atoms with Gasteiger partial charge in [0.25, 0.3) is 5.91 Å². The van der Waals surface area contributed by atoms with Gasteiger partial charge in [-0.3, -0.25) is 9.78 Å². The number of nitrogens with one attached hydrogen (secondary N) is 1. The molecule has 1 saturated carbocycles. The molecule has 3 heterocycles. The second-order valence-corrected chi connectivity index (χ2v) is 7.20. The van der Waals surface area contributed by atoms with E-state index in [1.165, 1.54) is 29.9 Å². The summed E-state index contributed by atoms with van der Waals surface area (Å²) in [7, 11) is 0. The van der Waals surface area contributed by atoms with Crippen molar-refractivity contribution in [2.75, 3.05) is 0 Å². The minimum absolute atomic E-state index is 0.0783. The van der Waals surface area contributed by atoms with Gasteiger partial charge in [0.15, 0.2) is 5.65 Å². The number of hydrogen-bond donors (Lipinski definition) is 1. The molecule has 6 nitrogen and oxygen atoms in total. The Morgan fingerprint density at radius 2 is 1.97 bits per heavy atom. The summed E-state index contributed by atoms with van der Waals surface area (Å²) in [4.78, 5) is 20.9. The first-order valence-corrected chi connectivity index (χ1v) is 9.00. The van der Waals surface area contributed by atoms with E-state index in [9.17, 15) is 22.4 Å². The highest BCUT2D eigenvalue weighted by Crippen LogP contribution is 2.40. The summed E-state index contributed by atoms with van der Waals surface area (Å²) < 4.78 is 55.0. The lowest BCUT2D eigenvalue weighted by molar-refractivity contribution is -0.158. The maximum Gasteiger partial charge on any atom is 0.408 e. The zero-order valence-corrected chi connectivity index (χ0v) is 15.6. The average molecular weight is 407 g/mol. The molecule has 1 atom stereocenters. The lowest BCUT2D eigenvalue weighted by atomic mass is 10.1. The molecule has 10 heteroatoms. The van der Waals surface area contributed by atoms with Gasteiger partial charge in [-0.05, 0) is 44.7 Å². The zero-order valence-electron chi connectivity index (χ0n) is 15.6. The fourth-order valence-electron chi connectivity index (χ4n) is 3.18. The predicted octanol–water partition coefficient (Wildman–Crippen LogP) is 3.62. The number of halogens is 4. The molecule has 0 saturated heterocycles. The number of nitrogens with zero attached hydrogens (tertiary/aromatic N) is 4. The molecule has 4 rings (SSSR count). The van der Waals surface area contributed by atoms with Crippen molar-refractivity contribution in [3.05, 3.63) is 47.3 Å². The van der Waals surface area contributed by atoms with E-state index in [1.807, 2.05) is 0 Å². The Bertz CT molecular complexity index is 1100. The Kier molecular flexibility index (Phi) is 4.51. The van der Waals surface area contributed by atoms with Crippen molar-refractivity contribution in [3.63, 3.8) is 0 Å². The molecule has 0 radical (unpaired) electrons. The van der Waals surface area contributed by atoms with Crippen LogP contribution in [0.1, 0.15) is 34.6 Å². The molecule has 29 heavy (non-hydrogen) atoms. The van der Waals surface area contributed by atoms with Crippen LogP contribution in [0.3, 0.4) is 0 Å². The first-order chi connectivity index (χ1) is 13.6. The number of pyridine rings is 1. The minimum atomic E-state index is -4.53. The molecular weight excluding hydrogens is 390 g/mol. The monoisotopic (exact) mass is 407 g/mol. The van der Waals surface area contributed by atoms with Gasteiger partial charge >= 0.3 is 6.18 Å². The molecule has 1 N–H and O–H groups in total. The van der Waals surface area contributed by atoms with Crippen LogP contribution in [0, 0.1) is 25.6 Å². The number of aryl methyl sites for hydroxylation is 2. The molecule has 0 aromatic carbocycles. The van der Waals surface area contributed by atoms with Crippen LogP contribution in [0.4, 0.5) is 17.6 Å². The fourth-order valence-corrected chi connectivity index (χ4v) is 3.18. The van der Waals surface area contributed by atoms with Gasteiger partial charge in [0.05, 0.1) is 17.6 Å². The van der Waals surface area contributed by atoms with E-state index in [0.29, 0.717) is 29.8 Å². The highest BCUT2D eigenvalue weighted by atomic mass is 19.4. The largest absolute Gasteiger partial charge is 0.408 e. The van der Waals surface area contributed by atoms with Gasteiger partial charge in [-0.2, -0.15) is 18.3 Å². The number of carbonyl (C=O) groups is 1. The SMILES string of the molecule is Cc1ncc(-c2cc(C)n3ncc(C(=O)N[C@@H](C4CC4)C(F)(F)F)c3n2)cc1F. The number of hydrogen-bond acceptors (Lipinski definition) is 4. The zero-order chi connectivity index (χ0) is 20.9. The second-order valence-electron chi connectivity index (χ2n) is 7.20. The molecule has 0 aliphatic heterocycles. The molecular formula is C19H17F4N5O. The van der Waals surface area contributed by atoms with Crippen LogP contribution in [-0.4, -0.2) is 37.7 Å². The molecule has 3 aromatic heterocycles. The van der Waals surface area contributed by atoms with Crippen LogP contribution in [-0.2, 0) is 0 Å². The first-order valence-electron chi connectivity index (χ1n) is 9.00. The normalized spacial score (nSPS) is 15.5. The quantitative estimate of drug-likeness (QED) is 0.671. The van der Waals surface area contributed by atoms with Crippen molar-refractivity contribution in [2.24, 2.45) is 5.92 Å². The van der Waals surface area contributed by atoms with Crippen molar-refractivity contribution >= 4 is 11.6 Å². The van der Waals surface area contributed by atoms with Gasteiger partial charge in [0, 0.05) is 17.5 Å². The highest BCUT2D eigenvalue weighted by Gasteiger charge is 2.49. The van der Waals surface area contributed by atoms with E-state index >= 15 is 0 Å². The highest BCUT2D eigenvalue weighted by molar-refractivity contribution is 6.00. The summed E-state index contributed by atoms with van der Waals surface area (Å²) in [6, 6.07) is 1.00. The molecule has 1 aliphatic rings. The molecule has 1 aliphatic carbocycles. The summed E-state index contributed by atoms with van der Waals surface area (Å²) in [5, 5.41) is 6.14. The van der Waals surface area contributed by atoms with Gasteiger partial charge in [0.1, 0.15) is 17.4 Å². The van der Waals surface area contributed by atoms with Crippen LogP contribution in [0.25, 0.3) is 16.9 Å². The third-order valence-corrected chi connectivity index (χ3v) is 4.95. The van der Waals surface area contributed by atoms with Crippen LogP contribution < -0.4 is 5.32 Å². The van der Waals surface area contributed by atoms with Gasteiger partial charge in [0.2, 0.25) is 0 Å². The van der Waals surface area contributed by atoms with E-state index in [1.54, 1.807) is 13.0 Å². The standard InChI is InChI=1S/C19H17F4N5O/c1-9-5-15(12-6-14(20)10(2)24-7-12)26-17-13(8-25-28(9)17)18(29)27-16(11-3-4-11)19(21,22)23/h5-8,11,16H,3-4H2,1-2H3,(H,27,29)/t16-/m0/s1. The van der Waals surface area contributed by atoms with Crippen molar-refractivity contribution in [1.29, 1.82) is 0 Å². The van der Waals surface area contributed by atoms with Gasteiger partial charge in [-0.1, -0.05) is 0 Å². The molecule has 0 unspecified atom stereocenters. The van der Waals surface area contributed by atoms with Crippen LogP contribution in [0.5, 0.6) is 0 Å². The van der Waals surface area contributed by atoms with E-state index in [0.717, 1.165) is 0 Å². The van der Waals surface area contributed by atoms with Crippen molar-refractivity contribution in [2.45, 2.75) is 38.9 Å². The van der Waals surface area contributed by atoms with Crippen LogP contribution in [0.15, 0.2) is 24.5 Å². The summed E-state index contributed by atoms with van der Waals surface area (Å²) in [5.41, 5.74) is 1.55. The average Bonchev–Trinajstić information content (AvgIpc) is 3.38. The van der Waals surface area contributed by atoms with E-state index in [4.69, 9.17) is 0 Å². The molecule has 1 fully saturated rings. The van der Waals surface area contributed by atoms with Crippen molar-refractivity contribution in [3.8, 4) is 11.3 Å². The summed E-state index contributed by atoms with van der Waals surface area (Å²) in [5.74, 6) is -2.01. The van der Waals surface area contributed by atoms with Crippen LogP contribution >= 0.6 is 0 Å². The number of aromatic nitrogens is 4. The van der Waals surface area contributed by atoms with E-state index < -0.39 is 29.9 Å². The summed E-state index contributed by atoms with van der Waals surface area (Å²) >= 11 is 0. The molecule has 152 valence electrons. The van der Waals surface area contributed by atoms with E-state index in [2.05, 4.69) is 20.4 Å². The lowest BCUT2D eigenvalue weighted by Crippen LogP contribution is -2.46. The van der Waals surface area contributed by atoms with Crippen LogP contribution in [0.2, 0.25) is 0 Å². The Morgan fingerprint density at radius 1 is 1.24 bits per heavy atom. The van der Waals surface area contributed by atoms with E-state index in [-0.39, 0.29) is 16.9 Å². The van der Waals surface area contributed by atoms with Crippen molar-refractivity contribution < 1.29 is 22.4 Å². The fraction of sp³-hybridized carbons (Fsp3) is 0.368. The van der Waals surface area contributed by atoms with Gasteiger partial charge < -0.3 is 5.32 Å². The predicted molar refractivity (Wildman–Crippen MR) is 95.7 cm³/mol. The number of carbonyl (C=O) groups excluding carboxylic acids is 1. The smallest absolute Gasteiger partial charge is 0.340 e. The maximum atomic E-state index is 13.9. The number of amides is 1. The molecule has 0 spiro atoms. The Hall–Kier alpha value is -3.04. The number of alkyl halides is 3. The lowest BCUT2D eigenvalue weighted by Gasteiger charge is -2.20. The van der Waals surface area contributed by atoms with Gasteiger partial charge in [-0.25, -0.2) is 13.9 Å².